The number of carbonyl (C=O) groups excluding carboxylic acids is 1. The standard InChI is InChI=1S/C9H10ClN3O/c10-8-6(7-1-2-12-7)3-5(4-13-8)9(11)14/h3-4,7,12H,1-2H2,(H2,11,14)/t7-/m0/s1. The number of primary amides is 1. The van der Waals surface area contributed by atoms with E-state index in [1.165, 1.54) is 6.20 Å². The monoisotopic (exact) mass is 211 g/mol. The Labute approximate surface area is 86.5 Å². The lowest BCUT2D eigenvalue weighted by molar-refractivity contribution is 0.1000. The van der Waals surface area contributed by atoms with E-state index in [0.29, 0.717) is 10.7 Å². The molecule has 0 aromatic carbocycles. The summed E-state index contributed by atoms with van der Waals surface area (Å²) >= 11 is 5.91. The van der Waals surface area contributed by atoms with E-state index in [4.69, 9.17) is 17.3 Å². The smallest absolute Gasteiger partial charge is 0.250 e. The molecule has 0 radical (unpaired) electrons. The number of pyridine rings is 1. The van der Waals surface area contributed by atoms with Crippen LogP contribution in [0.15, 0.2) is 12.3 Å². The van der Waals surface area contributed by atoms with Crippen molar-refractivity contribution >= 4 is 17.5 Å². The molecule has 5 heteroatoms. The van der Waals surface area contributed by atoms with E-state index in [9.17, 15) is 4.79 Å². The lowest BCUT2D eigenvalue weighted by Crippen LogP contribution is -2.35. The first kappa shape index (κ1) is 9.43. The van der Waals surface area contributed by atoms with Gasteiger partial charge in [0.1, 0.15) is 5.15 Å². The highest BCUT2D eigenvalue weighted by molar-refractivity contribution is 6.30. The zero-order valence-corrected chi connectivity index (χ0v) is 8.21. The molecule has 1 saturated heterocycles. The average Bonchev–Trinajstić information content (AvgIpc) is 2.05. The van der Waals surface area contributed by atoms with E-state index in [1.54, 1.807) is 6.07 Å². The summed E-state index contributed by atoms with van der Waals surface area (Å²) in [6.07, 6.45) is 2.41. The Kier molecular flexibility index (Phi) is 2.39. The second-order valence-corrected chi connectivity index (χ2v) is 3.62. The minimum Gasteiger partial charge on any atom is -0.366 e. The number of nitrogens with zero attached hydrogens (tertiary/aromatic N) is 1. The van der Waals surface area contributed by atoms with E-state index in [1.807, 2.05) is 0 Å². The molecule has 1 aliphatic rings. The first-order valence-electron chi connectivity index (χ1n) is 4.37. The second kappa shape index (κ2) is 3.55. The molecule has 4 nitrogen and oxygen atoms in total. The van der Waals surface area contributed by atoms with E-state index < -0.39 is 5.91 Å². The quantitative estimate of drug-likeness (QED) is 0.714. The van der Waals surface area contributed by atoms with Crippen LogP contribution in [0.2, 0.25) is 5.15 Å². The normalized spacial score (nSPS) is 20.2. The molecule has 1 aliphatic heterocycles. The maximum absolute atomic E-state index is 10.9. The van der Waals surface area contributed by atoms with Gasteiger partial charge in [-0.25, -0.2) is 4.98 Å². The van der Waals surface area contributed by atoms with Gasteiger partial charge in [0.05, 0.1) is 5.56 Å². The van der Waals surface area contributed by atoms with Gasteiger partial charge >= 0.3 is 0 Å². The van der Waals surface area contributed by atoms with Crippen LogP contribution in [0.3, 0.4) is 0 Å². The number of nitrogens with two attached hydrogens (primary N) is 1. The number of nitrogens with one attached hydrogen (secondary N) is 1. The zero-order valence-electron chi connectivity index (χ0n) is 7.46. The zero-order chi connectivity index (χ0) is 10.1. The van der Waals surface area contributed by atoms with E-state index in [2.05, 4.69) is 10.3 Å². The summed E-state index contributed by atoms with van der Waals surface area (Å²) in [6.45, 7) is 0.974. The van der Waals surface area contributed by atoms with Crippen molar-refractivity contribution in [2.75, 3.05) is 6.54 Å². The summed E-state index contributed by atoms with van der Waals surface area (Å²) in [7, 11) is 0. The van der Waals surface area contributed by atoms with Crippen LogP contribution in [0.4, 0.5) is 0 Å². The van der Waals surface area contributed by atoms with Gasteiger partial charge in [-0.1, -0.05) is 11.6 Å². The van der Waals surface area contributed by atoms with Gasteiger partial charge in [-0.2, -0.15) is 0 Å². The van der Waals surface area contributed by atoms with E-state index >= 15 is 0 Å². The fourth-order valence-corrected chi connectivity index (χ4v) is 1.63. The molecule has 74 valence electrons. The Morgan fingerprint density at radius 2 is 2.43 bits per heavy atom. The summed E-state index contributed by atoms with van der Waals surface area (Å²) < 4.78 is 0. The van der Waals surface area contributed by atoms with Crippen LogP contribution in [0.1, 0.15) is 28.4 Å². The molecule has 0 unspecified atom stereocenters. The van der Waals surface area contributed by atoms with Gasteiger partial charge in [-0.05, 0) is 19.0 Å². The van der Waals surface area contributed by atoms with E-state index in [0.717, 1.165) is 18.5 Å². The molecule has 2 heterocycles. The highest BCUT2D eigenvalue weighted by Crippen LogP contribution is 2.28. The molecule has 1 aromatic heterocycles. The highest BCUT2D eigenvalue weighted by atomic mass is 35.5. The Balaban J connectivity index is 2.36. The maximum Gasteiger partial charge on any atom is 0.250 e. The fourth-order valence-electron chi connectivity index (χ4n) is 1.40. The Hall–Kier alpha value is -1.13. The molecule has 1 aromatic rings. The Morgan fingerprint density at radius 1 is 1.71 bits per heavy atom. The largest absolute Gasteiger partial charge is 0.366 e. The molecule has 0 spiro atoms. The topological polar surface area (TPSA) is 68.0 Å². The predicted octanol–water partition coefficient (Wildman–Crippen LogP) is 0.868. The molecule has 1 amide bonds. The SMILES string of the molecule is NC(=O)c1cnc(Cl)c([C@@H]2CCN2)c1. The minimum absolute atomic E-state index is 0.217. The summed E-state index contributed by atoms with van der Waals surface area (Å²) in [4.78, 5) is 14.8. The molecule has 1 fully saturated rings. The van der Waals surface area contributed by atoms with Crippen LogP contribution in [0.25, 0.3) is 0 Å². The van der Waals surface area contributed by atoms with Gasteiger partial charge in [0.25, 0.3) is 0 Å². The first-order valence-corrected chi connectivity index (χ1v) is 4.75. The van der Waals surface area contributed by atoms with Crippen molar-refractivity contribution in [1.29, 1.82) is 0 Å². The molecular formula is C9H10ClN3O. The van der Waals surface area contributed by atoms with Gasteiger partial charge < -0.3 is 11.1 Å². The number of halogens is 1. The van der Waals surface area contributed by atoms with Crippen molar-refractivity contribution in [3.63, 3.8) is 0 Å². The van der Waals surface area contributed by atoms with Crippen molar-refractivity contribution in [2.24, 2.45) is 5.73 Å². The molecule has 0 aliphatic carbocycles. The minimum atomic E-state index is -0.477. The number of amides is 1. The molecule has 0 saturated carbocycles. The lowest BCUT2D eigenvalue weighted by atomic mass is 9.98. The van der Waals surface area contributed by atoms with Crippen molar-refractivity contribution in [3.8, 4) is 0 Å². The fraction of sp³-hybridized carbons (Fsp3) is 0.333. The van der Waals surface area contributed by atoms with Crippen molar-refractivity contribution in [1.82, 2.24) is 10.3 Å². The molecule has 1 atom stereocenters. The van der Waals surface area contributed by atoms with E-state index in [-0.39, 0.29) is 6.04 Å². The highest BCUT2D eigenvalue weighted by Gasteiger charge is 2.22. The number of aromatic nitrogens is 1. The van der Waals surface area contributed by atoms with Crippen LogP contribution in [-0.2, 0) is 0 Å². The van der Waals surface area contributed by atoms with Gasteiger partial charge in [0, 0.05) is 17.8 Å². The third-order valence-electron chi connectivity index (χ3n) is 2.35. The number of hydrogen-bond donors (Lipinski definition) is 2. The van der Waals surface area contributed by atoms with Crippen LogP contribution >= 0.6 is 11.6 Å². The van der Waals surface area contributed by atoms with Gasteiger partial charge in [0.15, 0.2) is 0 Å². The molecule has 14 heavy (non-hydrogen) atoms. The number of rotatable bonds is 2. The third kappa shape index (κ3) is 1.58. The van der Waals surface area contributed by atoms with Gasteiger partial charge in [-0.3, -0.25) is 4.79 Å². The Bertz CT molecular complexity index is 376. The first-order chi connectivity index (χ1) is 6.68. The van der Waals surface area contributed by atoms with Crippen LogP contribution in [0.5, 0.6) is 0 Å². The van der Waals surface area contributed by atoms with Crippen LogP contribution in [-0.4, -0.2) is 17.4 Å². The maximum atomic E-state index is 10.9. The summed E-state index contributed by atoms with van der Waals surface area (Å²) in [6, 6.07) is 1.92. The summed E-state index contributed by atoms with van der Waals surface area (Å²) in [5, 5.41) is 3.63. The Morgan fingerprint density at radius 3 is 2.93 bits per heavy atom. The van der Waals surface area contributed by atoms with Crippen LogP contribution < -0.4 is 11.1 Å². The van der Waals surface area contributed by atoms with Crippen LogP contribution in [0, 0.1) is 0 Å². The third-order valence-corrected chi connectivity index (χ3v) is 2.67. The predicted molar refractivity (Wildman–Crippen MR) is 53.1 cm³/mol. The molecular weight excluding hydrogens is 202 g/mol. The lowest BCUT2D eigenvalue weighted by Gasteiger charge is -2.28. The molecule has 3 N–H and O–H groups in total. The van der Waals surface area contributed by atoms with Crippen molar-refractivity contribution in [2.45, 2.75) is 12.5 Å². The summed E-state index contributed by atoms with van der Waals surface area (Å²) in [5.74, 6) is -0.477. The van der Waals surface area contributed by atoms with Crippen molar-refractivity contribution < 1.29 is 4.79 Å². The van der Waals surface area contributed by atoms with Gasteiger partial charge in [0.2, 0.25) is 5.91 Å². The molecule has 0 bridgehead atoms. The van der Waals surface area contributed by atoms with Crippen molar-refractivity contribution in [3.05, 3.63) is 28.5 Å². The number of carbonyl (C=O) groups is 1. The van der Waals surface area contributed by atoms with Gasteiger partial charge in [-0.15, -0.1) is 0 Å². The number of hydrogen-bond acceptors (Lipinski definition) is 3. The average molecular weight is 212 g/mol. The summed E-state index contributed by atoms with van der Waals surface area (Å²) in [5.41, 5.74) is 6.41. The molecule has 2 rings (SSSR count). The second-order valence-electron chi connectivity index (χ2n) is 3.26.